The number of aliphatic hydroxyl groups is 1. The topological polar surface area (TPSA) is 62.2 Å². The number of aromatic nitrogens is 1. The van der Waals surface area contributed by atoms with Crippen molar-refractivity contribution in [1.82, 2.24) is 4.98 Å². The number of nitrogens with zero attached hydrogens (tertiary/aromatic N) is 1. The van der Waals surface area contributed by atoms with E-state index < -0.39 is 0 Å². The number of hydrogen-bond acceptors (Lipinski definition) is 3. The second-order valence-corrected chi connectivity index (χ2v) is 5.09. The second kappa shape index (κ2) is 6.68. The molecule has 0 spiro atoms. The Hall–Kier alpha value is -1.65. The molecule has 0 bridgehead atoms. The van der Waals surface area contributed by atoms with Crippen molar-refractivity contribution in [3.8, 4) is 0 Å². The van der Waals surface area contributed by atoms with Gasteiger partial charge in [0.05, 0.1) is 16.2 Å². The molecular weight excluding hydrogens is 276 g/mol. The van der Waals surface area contributed by atoms with Crippen molar-refractivity contribution in [2.45, 2.75) is 26.2 Å². The number of carbonyl (C=O) groups excluding carboxylic acids is 1. The molecule has 0 unspecified atom stereocenters. The van der Waals surface area contributed by atoms with E-state index in [0.717, 1.165) is 16.5 Å². The van der Waals surface area contributed by atoms with Gasteiger partial charge < -0.3 is 10.4 Å². The molecule has 0 fully saturated rings. The van der Waals surface area contributed by atoms with E-state index in [0.29, 0.717) is 30.0 Å². The third-order valence-electron chi connectivity index (χ3n) is 3.11. The molecule has 4 nitrogen and oxygen atoms in total. The molecule has 20 heavy (non-hydrogen) atoms. The van der Waals surface area contributed by atoms with E-state index in [1.54, 1.807) is 12.3 Å². The summed E-state index contributed by atoms with van der Waals surface area (Å²) in [5.41, 5.74) is 2.42. The Morgan fingerprint density at radius 3 is 3.00 bits per heavy atom. The quantitative estimate of drug-likeness (QED) is 0.831. The van der Waals surface area contributed by atoms with Crippen LogP contribution in [0, 0.1) is 6.92 Å². The van der Waals surface area contributed by atoms with Crippen LogP contribution in [-0.4, -0.2) is 22.6 Å². The van der Waals surface area contributed by atoms with Gasteiger partial charge in [-0.2, -0.15) is 0 Å². The summed E-state index contributed by atoms with van der Waals surface area (Å²) >= 11 is 6.23. The molecule has 106 valence electrons. The number of fused-ring (bicyclic) bond motifs is 1. The van der Waals surface area contributed by atoms with E-state index >= 15 is 0 Å². The van der Waals surface area contributed by atoms with Crippen molar-refractivity contribution in [3.63, 3.8) is 0 Å². The third kappa shape index (κ3) is 3.26. The molecular formula is C15H17ClN2O2. The smallest absolute Gasteiger partial charge is 0.224 e. The Kier molecular flexibility index (Phi) is 4.93. The van der Waals surface area contributed by atoms with Crippen LogP contribution in [0.1, 0.15) is 24.8 Å². The SMILES string of the molecule is Cc1cc(Cl)c(NC(=O)CCCCO)c2cccnc12. The summed E-state index contributed by atoms with van der Waals surface area (Å²) in [6, 6.07) is 5.52. The minimum Gasteiger partial charge on any atom is -0.396 e. The molecule has 1 heterocycles. The number of unbranched alkanes of at least 4 members (excludes halogenated alkanes) is 1. The fourth-order valence-electron chi connectivity index (χ4n) is 2.11. The lowest BCUT2D eigenvalue weighted by Gasteiger charge is -2.12. The average Bonchev–Trinajstić information content (AvgIpc) is 2.44. The molecule has 0 aliphatic rings. The summed E-state index contributed by atoms with van der Waals surface area (Å²) in [6.45, 7) is 2.04. The van der Waals surface area contributed by atoms with Gasteiger partial charge in [0.2, 0.25) is 5.91 Å². The molecule has 1 aromatic heterocycles. The van der Waals surface area contributed by atoms with Gasteiger partial charge in [0.25, 0.3) is 0 Å². The van der Waals surface area contributed by atoms with Crippen LogP contribution in [0.2, 0.25) is 5.02 Å². The van der Waals surface area contributed by atoms with Crippen LogP contribution in [0.5, 0.6) is 0 Å². The molecule has 0 saturated carbocycles. The number of amides is 1. The van der Waals surface area contributed by atoms with Gasteiger partial charge >= 0.3 is 0 Å². The van der Waals surface area contributed by atoms with E-state index in [1.165, 1.54) is 0 Å². The van der Waals surface area contributed by atoms with Gasteiger partial charge in [0.15, 0.2) is 0 Å². The minimum absolute atomic E-state index is 0.102. The number of nitrogens with one attached hydrogen (secondary N) is 1. The zero-order valence-electron chi connectivity index (χ0n) is 11.3. The second-order valence-electron chi connectivity index (χ2n) is 4.68. The number of benzene rings is 1. The van der Waals surface area contributed by atoms with Gasteiger partial charge in [-0.1, -0.05) is 11.6 Å². The van der Waals surface area contributed by atoms with Crippen LogP contribution in [0.15, 0.2) is 24.4 Å². The number of aryl methyl sites for hydroxylation is 1. The van der Waals surface area contributed by atoms with Gasteiger partial charge in [-0.05, 0) is 43.5 Å². The van der Waals surface area contributed by atoms with Crippen molar-refractivity contribution >= 4 is 34.1 Å². The molecule has 2 aromatic rings. The summed E-state index contributed by atoms with van der Waals surface area (Å²) in [5.74, 6) is -0.102. The summed E-state index contributed by atoms with van der Waals surface area (Å²) in [5, 5.41) is 12.9. The highest BCUT2D eigenvalue weighted by Gasteiger charge is 2.12. The van der Waals surface area contributed by atoms with Gasteiger partial charge in [-0.3, -0.25) is 9.78 Å². The molecule has 2 rings (SSSR count). The van der Waals surface area contributed by atoms with Gasteiger partial charge in [0, 0.05) is 24.6 Å². The molecule has 0 aliphatic heterocycles. The zero-order chi connectivity index (χ0) is 14.5. The van der Waals surface area contributed by atoms with E-state index in [1.807, 2.05) is 19.1 Å². The molecule has 0 atom stereocenters. The third-order valence-corrected chi connectivity index (χ3v) is 3.41. The van der Waals surface area contributed by atoms with Crippen molar-refractivity contribution in [2.75, 3.05) is 11.9 Å². The first-order valence-electron chi connectivity index (χ1n) is 6.58. The molecule has 0 aliphatic carbocycles. The number of aliphatic hydroxyl groups excluding tert-OH is 1. The predicted octanol–water partition coefficient (Wildman–Crippen LogP) is 3.30. The summed E-state index contributed by atoms with van der Waals surface area (Å²) in [7, 11) is 0. The minimum atomic E-state index is -0.102. The lowest BCUT2D eigenvalue weighted by molar-refractivity contribution is -0.116. The maximum atomic E-state index is 11.9. The first kappa shape index (κ1) is 14.8. The largest absolute Gasteiger partial charge is 0.396 e. The Morgan fingerprint density at radius 2 is 2.25 bits per heavy atom. The van der Waals surface area contributed by atoms with Crippen molar-refractivity contribution in [2.24, 2.45) is 0 Å². The van der Waals surface area contributed by atoms with Gasteiger partial charge in [-0.25, -0.2) is 0 Å². The monoisotopic (exact) mass is 292 g/mol. The molecule has 5 heteroatoms. The first-order valence-corrected chi connectivity index (χ1v) is 6.96. The maximum absolute atomic E-state index is 11.9. The van der Waals surface area contributed by atoms with Crippen LogP contribution in [0.3, 0.4) is 0 Å². The zero-order valence-corrected chi connectivity index (χ0v) is 12.1. The van der Waals surface area contributed by atoms with E-state index in [9.17, 15) is 4.79 Å². The van der Waals surface area contributed by atoms with Crippen molar-refractivity contribution in [1.29, 1.82) is 0 Å². The number of pyridine rings is 1. The van der Waals surface area contributed by atoms with Gasteiger partial charge in [-0.15, -0.1) is 0 Å². The lowest BCUT2D eigenvalue weighted by atomic mass is 10.1. The number of anilines is 1. The van der Waals surface area contributed by atoms with E-state index in [2.05, 4.69) is 10.3 Å². The number of carbonyl (C=O) groups is 1. The molecule has 0 radical (unpaired) electrons. The number of rotatable bonds is 5. The highest BCUT2D eigenvalue weighted by atomic mass is 35.5. The highest BCUT2D eigenvalue weighted by molar-refractivity contribution is 6.35. The van der Waals surface area contributed by atoms with E-state index in [4.69, 9.17) is 16.7 Å². The van der Waals surface area contributed by atoms with Crippen molar-refractivity contribution < 1.29 is 9.90 Å². The summed E-state index contributed by atoms with van der Waals surface area (Å²) < 4.78 is 0. The summed E-state index contributed by atoms with van der Waals surface area (Å²) in [4.78, 5) is 16.2. The normalized spacial score (nSPS) is 10.8. The fourth-order valence-corrected chi connectivity index (χ4v) is 2.42. The van der Waals surface area contributed by atoms with Crippen LogP contribution < -0.4 is 5.32 Å². The number of hydrogen-bond donors (Lipinski definition) is 2. The Labute approximate surface area is 122 Å². The maximum Gasteiger partial charge on any atom is 0.224 e. The Balaban J connectivity index is 2.27. The lowest BCUT2D eigenvalue weighted by Crippen LogP contribution is -2.12. The predicted molar refractivity (Wildman–Crippen MR) is 81.1 cm³/mol. The first-order chi connectivity index (χ1) is 9.63. The highest BCUT2D eigenvalue weighted by Crippen LogP contribution is 2.32. The Morgan fingerprint density at radius 1 is 1.45 bits per heavy atom. The van der Waals surface area contributed by atoms with Crippen LogP contribution in [0.4, 0.5) is 5.69 Å². The van der Waals surface area contributed by atoms with Crippen LogP contribution in [-0.2, 0) is 4.79 Å². The number of halogens is 1. The summed E-state index contributed by atoms with van der Waals surface area (Å²) in [6.07, 6.45) is 3.36. The van der Waals surface area contributed by atoms with Crippen LogP contribution >= 0.6 is 11.6 Å². The van der Waals surface area contributed by atoms with Crippen molar-refractivity contribution in [3.05, 3.63) is 35.0 Å². The Bertz CT molecular complexity index is 629. The average molecular weight is 293 g/mol. The van der Waals surface area contributed by atoms with Gasteiger partial charge in [0.1, 0.15) is 0 Å². The molecule has 2 N–H and O–H groups in total. The molecule has 0 saturated heterocycles. The van der Waals surface area contributed by atoms with E-state index in [-0.39, 0.29) is 12.5 Å². The standard InChI is InChI=1S/C15H17ClN2O2/c1-10-9-12(16)15(11-5-4-7-17-14(10)11)18-13(20)6-2-3-8-19/h4-5,7,9,19H,2-3,6,8H2,1H3,(H,18,20). The van der Waals surface area contributed by atoms with Crippen LogP contribution in [0.25, 0.3) is 10.9 Å². The molecule has 1 aromatic carbocycles. The fraction of sp³-hybridized carbons (Fsp3) is 0.333. The molecule has 1 amide bonds.